The monoisotopic (exact) mass is 319 g/mol. The highest BCUT2D eigenvalue weighted by atomic mass is 127. The number of aromatic amines is 1. The Hall–Kier alpha value is 0.0600. The van der Waals surface area contributed by atoms with Crippen LogP contribution in [0.25, 0.3) is 0 Å². The molecule has 6 heteroatoms. The molecule has 0 aliphatic rings. The van der Waals surface area contributed by atoms with Crippen LogP contribution >= 0.6 is 45.8 Å². The van der Waals surface area contributed by atoms with Crippen molar-refractivity contribution in [3.63, 3.8) is 0 Å². The van der Waals surface area contributed by atoms with Crippen LogP contribution in [0.4, 0.5) is 0 Å². The summed E-state index contributed by atoms with van der Waals surface area (Å²) >= 11 is 13.3. The summed E-state index contributed by atoms with van der Waals surface area (Å²) < 4.78 is 5.07. The first kappa shape index (κ1) is 10.1. The van der Waals surface area contributed by atoms with Crippen LogP contribution in [0.2, 0.25) is 10.2 Å². The molecular weight excluding hydrogens is 316 g/mol. The average molecular weight is 320 g/mol. The molecular formula is C6H4Cl2INO2. The number of halogens is 3. The van der Waals surface area contributed by atoms with E-state index in [1.165, 1.54) is 7.11 Å². The van der Waals surface area contributed by atoms with Crippen LogP contribution in [0.1, 0.15) is 10.5 Å². The Kier molecular flexibility index (Phi) is 3.25. The van der Waals surface area contributed by atoms with E-state index in [0.717, 1.165) is 0 Å². The maximum atomic E-state index is 11.0. The number of esters is 1. The van der Waals surface area contributed by atoms with Gasteiger partial charge in [-0.25, -0.2) is 4.79 Å². The highest BCUT2D eigenvalue weighted by Crippen LogP contribution is 2.29. The molecule has 0 amide bonds. The van der Waals surface area contributed by atoms with Crippen molar-refractivity contribution in [2.75, 3.05) is 7.11 Å². The fourth-order valence-electron chi connectivity index (χ4n) is 0.668. The minimum atomic E-state index is -0.479. The van der Waals surface area contributed by atoms with Crippen LogP contribution in [-0.2, 0) is 4.74 Å². The van der Waals surface area contributed by atoms with Gasteiger partial charge in [-0.1, -0.05) is 23.2 Å². The molecule has 0 fully saturated rings. The predicted molar refractivity (Wildman–Crippen MR) is 54.9 cm³/mol. The Morgan fingerprint density at radius 3 is 2.50 bits per heavy atom. The number of ether oxygens (including phenoxy) is 1. The number of hydrogen-bond donors (Lipinski definition) is 1. The zero-order chi connectivity index (χ0) is 9.30. The number of hydrogen-bond acceptors (Lipinski definition) is 2. The van der Waals surface area contributed by atoms with Crippen molar-refractivity contribution in [1.29, 1.82) is 0 Å². The average Bonchev–Trinajstić information content (AvgIpc) is 2.32. The summed E-state index contributed by atoms with van der Waals surface area (Å²) in [6, 6.07) is 0. The van der Waals surface area contributed by atoms with E-state index in [0.29, 0.717) is 8.59 Å². The minimum absolute atomic E-state index is 0.251. The van der Waals surface area contributed by atoms with E-state index >= 15 is 0 Å². The van der Waals surface area contributed by atoms with Crippen molar-refractivity contribution >= 4 is 51.8 Å². The highest BCUT2D eigenvalue weighted by molar-refractivity contribution is 14.1. The minimum Gasteiger partial charge on any atom is -0.464 e. The zero-order valence-corrected chi connectivity index (χ0v) is 9.62. The normalized spacial score (nSPS) is 10.0. The van der Waals surface area contributed by atoms with Crippen LogP contribution in [0.3, 0.4) is 0 Å². The quantitative estimate of drug-likeness (QED) is 0.639. The Bertz CT molecular complexity index is 324. The molecule has 66 valence electrons. The fourth-order valence-corrected chi connectivity index (χ4v) is 1.78. The molecule has 1 aromatic heterocycles. The largest absolute Gasteiger partial charge is 0.464 e. The summed E-state index contributed by atoms with van der Waals surface area (Å²) in [7, 11) is 1.29. The van der Waals surface area contributed by atoms with Gasteiger partial charge in [-0.15, -0.1) is 0 Å². The van der Waals surface area contributed by atoms with Gasteiger partial charge >= 0.3 is 5.97 Å². The van der Waals surface area contributed by atoms with Gasteiger partial charge in [-0.05, 0) is 22.6 Å². The van der Waals surface area contributed by atoms with Crippen molar-refractivity contribution in [3.05, 3.63) is 19.4 Å². The second kappa shape index (κ2) is 3.85. The van der Waals surface area contributed by atoms with E-state index in [1.807, 2.05) is 22.6 Å². The van der Waals surface area contributed by atoms with Gasteiger partial charge in [-0.2, -0.15) is 0 Å². The van der Waals surface area contributed by atoms with Gasteiger partial charge in [0.05, 0.1) is 15.7 Å². The number of carbonyl (C=O) groups is 1. The van der Waals surface area contributed by atoms with Crippen molar-refractivity contribution < 1.29 is 9.53 Å². The third-order valence-electron chi connectivity index (χ3n) is 1.23. The molecule has 1 heterocycles. The van der Waals surface area contributed by atoms with E-state index in [4.69, 9.17) is 23.2 Å². The van der Waals surface area contributed by atoms with E-state index < -0.39 is 5.97 Å². The van der Waals surface area contributed by atoms with Crippen molar-refractivity contribution in [1.82, 2.24) is 4.98 Å². The number of aromatic nitrogens is 1. The van der Waals surface area contributed by atoms with Gasteiger partial charge in [0.2, 0.25) is 0 Å². The third-order valence-corrected chi connectivity index (χ3v) is 3.38. The van der Waals surface area contributed by atoms with E-state index in [1.54, 1.807) is 0 Å². The number of H-pyrrole nitrogens is 1. The Labute approximate surface area is 92.5 Å². The molecule has 1 aromatic rings. The Morgan fingerprint density at radius 2 is 2.17 bits per heavy atom. The second-order valence-electron chi connectivity index (χ2n) is 1.93. The molecule has 0 aliphatic heterocycles. The number of methoxy groups -OCH3 is 1. The first-order valence-corrected chi connectivity index (χ1v) is 4.72. The SMILES string of the molecule is COC(=O)c1[nH]c(Cl)c(Cl)c1I. The summed E-state index contributed by atoms with van der Waals surface area (Å²) in [5.41, 5.74) is 0.285. The topological polar surface area (TPSA) is 42.1 Å². The highest BCUT2D eigenvalue weighted by Gasteiger charge is 2.18. The number of carbonyl (C=O) groups excluding carboxylic acids is 1. The molecule has 0 radical (unpaired) electrons. The summed E-state index contributed by atoms with van der Waals surface area (Å²) in [4.78, 5) is 13.6. The molecule has 1 rings (SSSR count). The van der Waals surface area contributed by atoms with Gasteiger partial charge in [0.15, 0.2) is 0 Å². The van der Waals surface area contributed by atoms with Crippen molar-refractivity contribution in [2.24, 2.45) is 0 Å². The molecule has 0 aliphatic carbocycles. The van der Waals surface area contributed by atoms with E-state index in [2.05, 4.69) is 9.72 Å². The van der Waals surface area contributed by atoms with Crippen LogP contribution in [0, 0.1) is 3.57 Å². The molecule has 12 heavy (non-hydrogen) atoms. The summed E-state index contributed by atoms with van der Waals surface area (Å²) in [5.74, 6) is -0.479. The molecule has 0 saturated carbocycles. The fraction of sp³-hybridized carbons (Fsp3) is 0.167. The van der Waals surface area contributed by atoms with Gasteiger partial charge in [0.25, 0.3) is 0 Å². The van der Waals surface area contributed by atoms with Gasteiger partial charge in [0, 0.05) is 0 Å². The standard InChI is InChI=1S/C6H4Cl2INO2/c1-12-6(11)4-3(9)2(7)5(8)10-4/h10H,1H3. The molecule has 1 N–H and O–H groups in total. The lowest BCUT2D eigenvalue weighted by molar-refractivity contribution is 0.0593. The predicted octanol–water partition coefficient (Wildman–Crippen LogP) is 2.71. The maximum Gasteiger partial charge on any atom is 0.355 e. The smallest absolute Gasteiger partial charge is 0.355 e. The van der Waals surface area contributed by atoms with E-state index in [9.17, 15) is 4.79 Å². The van der Waals surface area contributed by atoms with Gasteiger partial charge in [0.1, 0.15) is 10.8 Å². The molecule has 0 saturated heterocycles. The lowest BCUT2D eigenvalue weighted by Crippen LogP contribution is -2.03. The third kappa shape index (κ3) is 1.70. The van der Waals surface area contributed by atoms with Crippen LogP contribution in [0.15, 0.2) is 0 Å². The second-order valence-corrected chi connectivity index (χ2v) is 3.77. The van der Waals surface area contributed by atoms with Crippen molar-refractivity contribution in [3.8, 4) is 0 Å². The Balaban J connectivity index is 3.17. The molecule has 0 bridgehead atoms. The van der Waals surface area contributed by atoms with Gasteiger partial charge < -0.3 is 9.72 Å². The maximum absolute atomic E-state index is 11.0. The Morgan fingerprint density at radius 1 is 1.58 bits per heavy atom. The summed E-state index contributed by atoms with van der Waals surface area (Å²) in [6.07, 6.45) is 0. The van der Waals surface area contributed by atoms with Crippen LogP contribution in [-0.4, -0.2) is 18.1 Å². The molecule has 3 nitrogen and oxygen atoms in total. The van der Waals surface area contributed by atoms with Crippen LogP contribution < -0.4 is 0 Å². The lowest BCUT2D eigenvalue weighted by atomic mass is 10.4. The lowest BCUT2D eigenvalue weighted by Gasteiger charge is -1.94. The van der Waals surface area contributed by atoms with Crippen LogP contribution in [0.5, 0.6) is 0 Å². The number of rotatable bonds is 1. The van der Waals surface area contributed by atoms with Crippen molar-refractivity contribution in [2.45, 2.75) is 0 Å². The zero-order valence-electron chi connectivity index (χ0n) is 5.95. The first-order chi connectivity index (χ1) is 5.57. The molecule has 0 unspecified atom stereocenters. The van der Waals surface area contributed by atoms with E-state index in [-0.39, 0.29) is 10.8 Å². The molecule has 0 atom stereocenters. The summed E-state index contributed by atoms with van der Waals surface area (Å²) in [5, 5.41) is 0.596. The number of nitrogens with one attached hydrogen (secondary N) is 1. The molecule has 0 aromatic carbocycles. The van der Waals surface area contributed by atoms with Gasteiger partial charge in [-0.3, -0.25) is 0 Å². The summed E-state index contributed by atoms with van der Waals surface area (Å²) in [6.45, 7) is 0. The molecule has 0 spiro atoms. The first-order valence-electron chi connectivity index (χ1n) is 2.88.